The minimum atomic E-state index is 0.624. The number of aromatic nitrogens is 1. The van der Waals surface area contributed by atoms with E-state index in [0.29, 0.717) is 6.04 Å². The van der Waals surface area contributed by atoms with Crippen LogP contribution in [0.25, 0.3) is 0 Å². The lowest BCUT2D eigenvalue weighted by atomic mass is 10.1. The van der Waals surface area contributed by atoms with E-state index < -0.39 is 0 Å². The van der Waals surface area contributed by atoms with Crippen LogP contribution in [-0.4, -0.2) is 22.9 Å². The molecule has 1 aliphatic carbocycles. The molecule has 0 N–H and O–H groups in total. The van der Waals surface area contributed by atoms with Gasteiger partial charge < -0.3 is 4.90 Å². The van der Waals surface area contributed by atoms with E-state index in [0.717, 1.165) is 5.33 Å². The van der Waals surface area contributed by atoms with Crippen molar-refractivity contribution in [3.05, 3.63) is 23.4 Å². The van der Waals surface area contributed by atoms with Crippen LogP contribution in [0.2, 0.25) is 0 Å². The third kappa shape index (κ3) is 2.42. The summed E-state index contributed by atoms with van der Waals surface area (Å²) in [7, 11) is 0. The van der Waals surface area contributed by atoms with Crippen LogP contribution in [0.1, 0.15) is 43.4 Å². The summed E-state index contributed by atoms with van der Waals surface area (Å²) in [6, 6.07) is 5.17. The molecule has 0 spiro atoms. The fourth-order valence-corrected chi connectivity index (χ4v) is 3.88. The average Bonchev–Trinajstić information content (AvgIpc) is 2.74. The molecular weight excluding hydrogens is 288 g/mol. The van der Waals surface area contributed by atoms with Crippen LogP contribution in [0.5, 0.6) is 0 Å². The first-order valence-corrected chi connectivity index (χ1v) is 8.32. The third-order valence-corrected chi connectivity index (χ3v) is 5.01. The summed E-state index contributed by atoms with van der Waals surface area (Å²) >= 11 is 3.68. The van der Waals surface area contributed by atoms with Gasteiger partial charge in [-0.3, -0.25) is 0 Å². The molecule has 1 aliphatic heterocycles. The number of halogens is 1. The van der Waals surface area contributed by atoms with Gasteiger partial charge in [-0.05, 0) is 43.7 Å². The summed E-state index contributed by atoms with van der Waals surface area (Å²) in [4.78, 5) is 7.45. The molecule has 3 rings (SSSR count). The molecule has 1 fully saturated rings. The zero-order chi connectivity index (χ0) is 12.4. The number of aryl methyl sites for hydroxylation is 2. The molecule has 2 nitrogen and oxygen atoms in total. The molecule has 2 aliphatic rings. The van der Waals surface area contributed by atoms with E-state index in [9.17, 15) is 0 Å². The highest BCUT2D eigenvalue weighted by Gasteiger charge is 2.22. The van der Waals surface area contributed by atoms with E-state index in [1.165, 1.54) is 68.6 Å². The van der Waals surface area contributed by atoms with Gasteiger partial charge in [0.2, 0.25) is 0 Å². The molecule has 1 saturated heterocycles. The molecule has 0 amide bonds. The zero-order valence-corrected chi connectivity index (χ0v) is 12.5. The Bertz CT molecular complexity index is 419. The van der Waals surface area contributed by atoms with Crippen molar-refractivity contribution in [2.45, 2.75) is 51.0 Å². The molecule has 1 aromatic heterocycles. The molecule has 2 heterocycles. The molecule has 0 bridgehead atoms. The highest BCUT2D eigenvalue weighted by Crippen LogP contribution is 2.27. The molecule has 0 saturated carbocycles. The van der Waals surface area contributed by atoms with Gasteiger partial charge >= 0.3 is 0 Å². The third-order valence-electron chi connectivity index (χ3n) is 4.26. The fraction of sp³-hybridized carbons (Fsp3) is 0.667. The number of rotatable bonds is 2. The average molecular weight is 309 g/mol. The molecule has 18 heavy (non-hydrogen) atoms. The number of alkyl halides is 1. The minimum Gasteiger partial charge on any atom is -0.353 e. The van der Waals surface area contributed by atoms with E-state index >= 15 is 0 Å². The van der Waals surface area contributed by atoms with Gasteiger partial charge in [0.05, 0.1) is 0 Å². The second kappa shape index (κ2) is 5.60. The van der Waals surface area contributed by atoms with E-state index in [2.05, 4.69) is 33.0 Å². The Morgan fingerprint density at radius 2 is 2.11 bits per heavy atom. The first-order chi connectivity index (χ1) is 8.88. The summed E-state index contributed by atoms with van der Waals surface area (Å²) in [6.07, 6.45) is 9.02. The number of anilines is 1. The van der Waals surface area contributed by atoms with Gasteiger partial charge in [-0.15, -0.1) is 0 Å². The van der Waals surface area contributed by atoms with Crippen LogP contribution >= 0.6 is 15.9 Å². The topological polar surface area (TPSA) is 16.1 Å². The smallest absolute Gasteiger partial charge is 0.129 e. The number of hydrogen-bond donors (Lipinski definition) is 0. The van der Waals surface area contributed by atoms with Crippen LogP contribution in [0, 0.1) is 0 Å². The molecule has 0 radical (unpaired) electrons. The Kier molecular flexibility index (Phi) is 3.88. The van der Waals surface area contributed by atoms with Crippen molar-refractivity contribution >= 4 is 21.7 Å². The highest BCUT2D eigenvalue weighted by molar-refractivity contribution is 9.09. The number of hydrogen-bond acceptors (Lipinski definition) is 2. The Hall–Kier alpha value is -0.570. The van der Waals surface area contributed by atoms with Crippen molar-refractivity contribution in [3.8, 4) is 0 Å². The van der Waals surface area contributed by atoms with Gasteiger partial charge in [-0.2, -0.15) is 0 Å². The first-order valence-electron chi connectivity index (χ1n) is 7.20. The summed E-state index contributed by atoms with van der Waals surface area (Å²) in [6.45, 7) is 1.17. The zero-order valence-electron chi connectivity index (χ0n) is 10.9. The molecule has 1 unspecified atom stereocenters. The van der Waals surface area contributed by atoms with Gasteiger partial charge in [0, 0.05) is 23.6 Å². The summed E-state index contributed by atoms with van der Waals surface area (Å²) in [5.41, 5.74) is 2.83. The quantitative estimate of drug-likeness (QED) is 0.774. The van der Waals surface area contributed by atoms with E-state index in [-0.39, 0.29) is 0 Å². The molecule has 0 aromatic carbocycles. The van der Waals surface area contributed by atoms with Crippen LogP contribution < -0.4 is 4.90 Å². The molecular formula is C15H21BrN2. The second-order valence-corrected chi connectivity index (χ2v) is 6.13. The number of nitrogens with zero attached hydrogens (tertiary/aromatic N) is 2. The molecule has 1 atom stereocenters. The van der Waals surface area contributed by atoms with Crippen LogP contribution in [0.15, 0.2) is 12.1 Å². The van der Waals surface area contributed by atoms with Gasteiger partial charge in [-0.1, -0.05) is 34.8 Å². The van der Waals surface area contributed by atoms with Crippen molar-refractivity contribution in [1.82, 2.24) is 4.98 Å². The molecule has 1 aromatic rings. The second-order valence-electron chi connectivity index (χ2n) is 5.48. The first kappa shape index (κ1) is 12.5. The Morgan fingerprint density at radius 3 is 3.00 bits per heavy atom. The van der Waals surface area contributed by atoms with Crippen molar-refractivity contribution in [2.75, 3.05) is 16.8 Å². The maximum absolute atomic E-state index is 4.92. The fourth-order valence-electron chi connectivity index (χ4n) is 3.21. The van der Waals surface area contributed by atoms with Crippen LogP contribution in [0.4, 0.5) is 5.82 Å². The molecule has 98 valence electrons. The van der Waals surface area contributed by atoms with Crippen LogP contribution in [0.3, 0.4) is 0 Å². The van der Waals surface area contributed by atoms with Crippen molar-refractivity contribution in [2.24, 2.45) is 0 Å². The number of fused-ring (bicyclic) bond motifs is 1. The summed E-state index contributed by atoms with van der Waals surface area (Å²) in [5, 5.41) is 1.06. The predicted octanol–water partition coefficient (Wildman–Crippen LogP) is 3.71. The minimum absolute atomic E-state index is 0.624. The lowest BCUT2D eigenvalue weighted by Gasteiger charge is -2.30. The maximum atomic E-state index is 4.92. The van der Waals surface area contributed by atoms with Gasteiger partial charge in [0.15, 0.2) is 0 Å². The van der Waals surface area contributed by atoms with E-state index in [1.807, 2.05) is 0 Å². The predicted molar refractivity (Wildman–Crippen MR) is 79.7 cm³/mol. The van der Waals surface area contributed by atoms with Gasteiger partial charge in [-0.25, -0.2) is 4.98 Å². The Balaban J connectivity index is 1.87. The lowest BCUT2D eigenvalue weighted by Crippen LogP contribution is -2.36. The maximum Gasteiger partial charge on any atom is 0.129 e. The van der Waals surface area contributed by atoms with Gasteiger partial charge in [0.1, 0.15) is 5.82 Å². The van der Waals surface area contributed by atoms with Gasteiger partial charge in [0.25, 0.3) is 0 Å². The Morgan fingerprint density at radius 1 is 1.17 bits per heavy atom. The Labute approximate surface area is 118 Å². The van der Waals surface area contributed by atoms with E-state index in [1.54, 1.807) is 0 Å². The van der Waals surface area contributed by atoms with Crippen LogP contribution in [-0.2, 0) is 12.8 Å². The normalized spacial score (nSPS) is 23.8. The van der Waals surface area contributed by atoms with E-state index in [4.69, 9.17) is 4.98 Å². The van der Waals surface area contributed by atoms with Crippen molar-refractivity contribution in [3.63, 3.8) is 0 Å². The largest absolute Gasteiger partial charge is 0.353 e. The highest BCUT2D eigenvalue weighted by atomic mass is 79.9. The SMILES string of the molecule is BrCC1CCCCCN1c1ccc2c(n1)CCC2. The lowest BCUT2D eigenvalue weighted by molar-refractivity contribution is 0.620. The van der Waals surface area contributed by atoms with Crippen molar-refractivity contribution in [1.29, 1.82) is 0 Å². The van der Waals surface area contributed by atoms with Crippen molar-refractivity contribution < 1.29 is 0 Å². The summed E-state index contributed by atoms with van der Waals surface area (Å²) < 4.78 is 0. The standard InChI is InChI=1S/C15H21BrN2/c16-11-13-6-2-1-3-10-18(13)15-9-8-12-5-4-7-14(12)17-15/h8-9,13H,1-7,10-11H2. The summed E-state index contributed by atoms with van der Waals surface area (Å²) in [5.74, 6) is 1.21. The number of pyridine rings is 1. The monoisotopic (exact) mass is 308 g/mol. The molecule has 3 heteroatoms.